The van der Waals surface area contributed by atoms with E-state index in [9.17, 15) is 4.39 Å². The lowest BCUT2D eigenvalue weighted by Crippen LogP contribution is -2.35. The molecular weight excluding hydrogens is 273 g/mol. The van der Waals surface area contributed by atoms with Gasteiger partial charge in [0.05, 0.1) is 38.1 Å². The molecule has 3 unspecified atom stereocenters. The molecule has 0 radical (unpaired) electrons. The van der Waals surface area contributed by atoms with Crippen LogP contribution in [0.15, 0.2) is 18.2 Å². The van der Waals surface area contributed by atoms with Crippen molar-refractivity contribution < 1.29 is 18.6 Å². The molecule has 3 atom stereocenters. The van der Waals surface area contributed by atoms with Crippen molar-refractivity contribution in [2.75, 3.05) is 13.7 Å². The van der Waals surface area contributed by atoms with Crippen molar-refractivity contribution in [3.8, 4) is 5.75 Å². The number of benzene rings is 1. The molecule has 0 saturated carbocycles. The van der Waals surface area contributed by atoms with E-state index in [0.717, 1.165) is 12.8 Å². The van der Waals surface area contributed by atoms with E-state index in [4.69, 9.17) is 19.9 Å². The van der Waals surface area contributed by atoms with E-state index in [-0.39, 0.29) is 30.1 Å². The van der Waals surface area contributed by atoms with Crippen molar-refractivity contribution in [1.29, 1.82) is 0 Å². The normalized spacial score (nSPS) is 27.4. The van der Waals surface area contributed by atoms with Crippen molar-refractivity contribution >= 4 is 0 Å². The van der Waals surface area contributed by atoms with Gasteiger partial charge in [-0.1, -0.05) is 6.07 Å². The van der Waals surface area contributed by atoms with Gasteiger partial charge in [-0.25, -0.2) is 4.39 Å². The Morgan fingerprint density at radius 2 is 2.00 bits per heavy atom. The highest BCUT2D eigenvalue weighted by atomic mass is 19.1. The van der Waals surface area contributed by atoms with Gasteiger partial charge in [0.1, 0.15) is 0 Å². The Morgan fingerprint density at radius 1 is 1.33 bits per heavy atom. The SMILES string of the molecule is COc1ccc(C(N)COC2CC(C)OC(C)C2)cc1F. The summed E-state index contributed by atoms with van der Waals surface area (Å²) < 4.78 is 30.1. The standard InChI is InChI=1S/C16H24FNO3/c1-10-6-13(7-11(2)21-10)20-9-15(18)12-4-5-16(19-3)14(17)8-12/h4-5,8,10-11,13,15H,6-7,9,18H2,1-3H3. The number of rotatable bonds is 5. The minimum absolute atomic E-state index is 0.151. The maximum Gasteiger partial charge on any atom is 0.165 e. The first-order chi connectivity index (χ1) is 9.99. The third-order valence-corrected chi connectivity index (χ3v) is 3.77. The number of hydrogen-bond acceptors (Lipinski definition) is 4. The van der Waals surface area contributed by atoms with Gasteiger partial charge in [0.15, 0.2) is 11.6 Å². The highest BCUT2D eigenvalue weighted by molar-refractivity contribution is 5.30. The molecule has 0 spiro atoms. The van der Waals surface area contributed by atoms with Gasteiger partial charge in [0, 0.05) is 0 Å². The maximum atomic E-state index is 13.7. The van der Waals surface area contributed by atoms with Crippen molar-refractivity contribution in [2.45, 2.75) is 51.0 Å². The van der Waals surface area contributed by atoms with Crippen molar-refractivity contribution in [1.82, 2.24) is 0 Å². The van der Waals surface area contributed by atoms with Crippen LogP contribution in [0.25, 0.3) is 0 Å². The molecule has 2 N–H and O–H groups in total. The zero-order valence-electron chi connectivity index (χ0n) is 12.8. The maximum absolute atomic E-state index is 13.7. The summed E-state index contributed by atoms with van der Waals surface area (Å²) in [5, 5.41) is 0. The van der Waals surface area contributed by atoms with E-state index in [2.05, 4.69) is 0 Å². The lowest BCUT2D eigenvalue weighted by molar-refractivity contribution is -0.103. The Balaban J connectivity index is 1.89. The van der Waals surface area contributed by atoms with Crippen LogP contribution in [-0.2, 0) is 9.47 Å². The average Bonchev–Trinajstić information content (AvgIpc) is 2.43. The fourth-order valence-electron chi connectivity index (χ4n) is 2.73. The topological polar surface area (TPSA) is 53.7 Å². The van der Waals surface area contributed by atoms with Crippen LogP contribution >= 0.6 is 0 Å². The first-order valence-electron chi connectivity index (χ1n) is 7.35. The fourth-order valence-corrected chi connectivity index (χ4v) is 2.73. The van der Waals surface area contributed by atoms with Gasteiger partial charge < -0.3 is 19.9 Å². The molecule has 0 aromatic heterocycles. The molecule has 1 aliphatic rings. The molecule has 2 rings (SSSR count). The molecule has 118 valence electrons. The number of ether oxygens (including phenoxy) is 3. The minimum atomic E-state index is -0.404. The summed E-state index contributed by atoms with van der Waals surface area (Å²) in [6.07, 6.45) is 2.29. The predicted octanol–water partition coefficient (Wildman–Crippen LogP) is 2.81. The molecular formula is C16H24FNO3. The molecule has 0 amide bonds. The molecule has 1 aromatic rings. The van der Waals surface area contributed by atoms with Crippen LogP contribution < -0.4 is 10.5 Å². The highest BCUT2D eigenvalue weighted by Gasteiger charge is 2.25. The van der Waals surface area contributed by atoms with Gasteiger partial charge >= 0.3 is 0 Å². The number of hydrogen-bond donors (Lipinski definition) is 1. The van der Waals surface area contributed by atoms with Crippen LogP contribution in [0.5, 0.6) is 5.75 Å². The monoisotopic (exact) mass is 297 g/mol. The van der Waals surface area contributed by atoms with Crippen LogP contribution in [0.3, 0.4) is 0 Å². The second kappa shape index (κ2) is 7.20. The van der Waals surface area contributed by atoms with Gasteiger partial charge in [0.2, 0.25) is 0 Å². The summed E-state index contributed by atoms with van der Waals surface area (Å²) in [4.78, 5) is 0. The van der Waals surface area contributed by atoms with Gasteiger partial charge in [-0.3, -0.25) is 0 Å². The zero-order valence-corrected chi connectivity index (χ0v) is 12.8. The van der Waals surface area contributed by atoms with Crippen molar-refractivity contribution in [2.24, 2.45) is 5.73 Å². The van der Waals surface area contributed by atoms with Gasteiger partial charge in [-0.15, -0.1) is 0 Å². The average molecular weight is 297 g/mol. The number of nitrogens with two attached hydrogens (primary N) is 1. The van der Waals surface area contributed by atoms with Crippen LogP contribution in [-0.4, -0.2) is 32.0 Å². The zero-order chi connectivity index (χ0) is 15.4. The summed E-state index contributed by atoms with van der Waals surface area (Å²) in [5.41, 5.74) is 6.79. The quantitative estimate of drug-likeness (QED) is 0.908. The van der Waals surface area contributed by atoms with Crippen LogP contribution in [0.2, 0.25) is 0 Å². The molecule has 0 aliphatic carbocycles. The first-order valence-corrected chi connectivity index (χ1v) is 7.35. The Labute approximate surface area is 125 Å². The Morgan fingerprint density at radius 3 is 2.57 bits per heavy atom. The summed E-state index contributed by atoms with van der Waals surface area (Å²) in [6.45, 7) is 4.46. The molecule has 5 heteroatoms. The first kappa shape index (κ1) is 16.2. The number of methoxy groups -OCH3 is 1. The second-order valence-electron chi connectivity index (χ2n) is 5.68. The Bertz CT molecular complexity index is 459. The lowest BCUT2D eigenvalue weighted by atomic mass is 10.0. The van der Waals surface area contributed by atoms with Crippen molar-refractivity contribution in [3.05, 3.63) is 29.6 Å². The summed E-state index contributed by atoms with van der Waals surface area (Å²) in [6, 6.07) is 4.41. The molecule has 1 aromatic carbocycles. The summed E-state index contributed by atoms with van der Waals surface area (Å²) in [5.74, 6) is -0.183. The molecule has 1 aliphatic heterocycles. The van der Waals surface area contributed by atoms with Crippen LogP contribution in [0.1, 0.15) is 38.3 Å². The van der Waals surface area contributed by atoms with E-state index in [1.165, 1.54) is 13.2 Å². The minimum Gasteiger partial charge on any atom is -0.494 e. The van der Waals surface area contributed by atoms with E-state index in [1.54, 1.807) is 12.1 Å². The van der Waals surface area contributed by atoms with E-state index < -0.39 is 5.82 Å². The third-order valence-electron chi connectivity index (χ3n) is 3.77. The van der Waals surface area contributed by atoms with Crippen LogP contribution in [0, 0.1) is 5.82 Å². The van der Waals surface area contributed by atoms with E-state index in [1.807, 2.05) is 13.8 Å². The third kappa shape index (κ3) is 4.40. The predicted molar refractivity (Wildman–Crippen MR) is 78.9 cm³/mol. The van der Waals surface area contributed by atoms with Gasteiger partial charge in [-0.05, 0) is 44.4 Å². The smallest absolute Gasteiger partial charge is 0.165 e. The van der Waals surface area contributed by atoms with E-state index in [0.29, 0.717) is 12.2 Å². The fraction of sp³-hybridized carbons (Fsp3) is 0.625. The lowest BCUT2D eigenvalue weighted by Gasteiger charge is -2.32. The molecule has 21 heavy (non-hydrogen) atoms. The summed E-state index contributed by atoms with van der Waals surface area (Å²) >= 11 is 0. The molecule has 1 heterocycles. The molecule has 1 saturated heterocycles. The molecule has 4 nitrogen and oxygen atoms in total. The molecule has 0 bridgehead atoms. The largest absolute Gasteiger partial charge is 0.494 e. The Hall–Kier alpha value is -1.17. The molecule has 1 fully saturated rings. The van der Waals surface area contributed by atoms with Crippen LogP contribution in [0.4, 0.5) is 4.39 Å². The highest BCUT2D eigenvalue weighted by Crippen LogP contribution is 2.24. The van der Waals surface area contributed by atoms with E-state index >= 15 is 0 Å². The summed E-state index contributed by atoms with van der Waals surface area (Å²) in [7, 11) is 1.44. The van der Waals surface area contributed by atoms with Gasteiger partial charge in [-0.2, -0.15) is 0 Å². The number of halogens is 1. The second-order valence-corrected chi connectivity index (χ2v) is 5.68. The Kier molecular flexibility index (Phi) is 5.56. The van der Waals surface area contributed by atoms with Crippen molar-refractivity contribution in [3.63, 3.8) is 0 Å². The van der Waals surface area contributed by atoms with Gasteiger partial charge in [0.25, 0.3) is 0 Å².